The summed E-state index contributed by atoms with van der Waals surface area (Å²) >= 11 is 0. The average molecular weight is 264 g/mol. The second kappa shape index (κ2) is 5.38. The highest BCUT2D eigenvalue weighted by molar-refractivity contribution is 5.45. The van der Waals surface area contributed by atoms with Gasteiger partial charge in [-0.25, -0.2) is 9.97 Å². The number of anilines is 2. The minimum atomic E-state index is -4.65. The first-order valence-corrected chi connectivity index (χ1v) is 5.33. The van der Waals surface area contributed by atoms with Crippen LogP contribution in [0.25, 0.3) is 0 Å². The number of nitrogens with two attached hydrogens (primary N) is 1. The Labute approximate surface area is 102 Å². The van der Waals surface area contributed by atoms with Crippen LogP contribution in [0.2, 0.25) is 0 Å². The molecular weight excluding hydrogens is 249 g/mol. The number of nitrogens with zero attached hydrogens (tertiary/aromatic N) is 2. The van der Waals surface area contributed by atoms with Crippen LogP contribution in [-0.4, -0.2) is 27.7 Å². The third-order valence-electron chi connectivity index (χ3n) is 2.33. The molecule has 1 unspecified atom stereocenters. The Balaban J connectivity index is 3.00. The molecule has 4 N–H and O–H groups in total. The summed E-state index contributed by atoms with van der Waals surface area (Å²) in [6, 6.07) is 0.792. The van der Waals surface area contributed by atoms with Crippen molar-refractivity contribution < 1.29 is 18.3 Å². The first-order chi connectivity index (χ1) is 8.24. The van der Waals surface area contributed by atoms with Crippen molar-refractivity contribution in [3.63, 3.8) is 0 Å². The van der Waals surface area contributed by atoms with Gasteiger partial charge in [-0.15, -0.1) is 0 Å². The molecule has 0 bridgehead atoms. The fourth-order valence-electron chi connectivity index (χ4n) is 1.28. The van der Waals surface area contributed by atoms with Crippen molar-refractivity contribution in [2.24, 2.45) is 5.92 Å². The molecule has 0 saturated carbocycles. The lowest BCUT2D eigenvalue weighted by atomic mass is 10.1. The zero-order valence-electron chi connectivity index (χ0n) is 9.99. The van der Waals surface area contributed by atoms with Crippen LogP contribution in [0.4, 0.5) is 24.8 Å². The molecule has 102 valence electrons. The number of nitrogens with one attached hydrogen (secondary N) is 1. The van der Waals surface area contributed by atoms with Gasteiger partial charge in [0.05, 0.1) is 12.6 Å². The largest absolute Gasteiger partial charge is 0.451 e. The van der Waals surface area contributed by atoms with Crippen LogP contribution >= 0.6 is 0 Å². The molecule has 1 atom stereocenters. The highest BCUT2D eigenvalue weighted by Crippen LogP contribution is 2.28. The standard InChI is InChI=1S/C10H15F3N4O/c1-5(2)6(4-18)15-8-3-7(14)16-9(17-8)10(11,12)13/h3,5-6,18H,4H2,1-2H3,(H3,14,15,16,17). The molecule has 0 radical (unpaired) electrons. The van der Waals surface area contributed by atoms with Gasteiger partial charge in [0.2, 0.25) is 5.82 Å². The van der Waals surface area contributed by atoms with Crippen molar-refractivity contribution in [2.75, 3.05) is 17.7 Å². The van der Waals surface area contributed by atoms with Gasteiger partial charge in [0.15, 0.2) is 0 Å². The molecule has 1 rings (SSSR count). The van der Waals surface area contributed by atoms with Crippen molar-refractivity contribution in [1.82, 2.24) is 9.97 Å². The summed E-state index contributed by atoms with van der Waals surface area (Å²) in [5.74, 6) is -1.60. The van der Waals surface area contributed by atoms with E-state index in [-0.39, 0.29) is 24.2 Å². The molecule has 0 aliphatic carbocycles. The molecule has 0 aromatic carbocycles. The Morgan fingerprint density at radius 1 is 1.39 bits per heavy atom. The van der Waals surface area contributed by atoms with E-state index in [1.807, 2.05) is 13.8 Å². The number of alkyl halides is 3. The summed E-state index contributed by atoms with van der Waals surface area (Å²) in [4.78, 5) is 6.46. The van der Waals surface area contributed by atoms with Crippen molar-refractivity contribution >= 4 is 11.6 Å². The SMILES string of the molecule is CC(C)C(CO)Nc1cc(N)nc(C(F)(F)F)n1. The number of halogens is 3. The van der Waals surface area contributed by atoms with Gasteiger partial charge in [0, 0.05) is 6.07 Å². The molecule has 1 aromatic heterocycles. The highest BCUT2D eigenvalue weighted by Gasteiger charge is 2.35. The van der Waals surface area contributed by atoms with Gasteiger partial charge < -0.3 is 16.2 Å². The Hall–Kier alpha value is -1.57. The van der Waals surface area contributed by atoms with Gasteiger partial charge in [-0.1, -0.05) is 13.8 Å². The molecule has 0 spiro atoms. The van der Waals surface area contributed by atoms with E-state index in [0.29, 0.717) is 0 Å². The van der Waals surface area contributed by atoms with E-state index in [1.165, 1.54) is 6.07 Å². The maximum Gasteiger partial charge on any atom is 0.451 e. The first kappa shape index (κ1) is 14.5. The highest BCUT2D eigenvalue weighted by atomic mass is 19.4. The molecule has 5 nitrogen and oxygen atoms in total. The van der Waals surface area contributed by atoms with E-state index in [2.05, 4.69) is 15.3 Å². The zero-order chi connectivity index (χ0) is 13.9. The normalized spacial score (nSPS) is 13.7. The molecule has 0 amide bonds. The molecule has 18 heavy (non-hydrogen) atoms. The monoisotopic (exact) mass is 264 g/mol. The van der Waals surface area contributed by atoms with Gasteiger partial charge in [-0.3, -0.25) is 0 Å². The first-order valence-electron chi connectivity index (χ1n) is 5.33. The van der Waals surface area contributed by atoms with Gasteiger partial charge in [-0.05, 0) is 5.92 Å². The number of nitrogen functional groups attached to an aromatic ring is 1. The van der Waals surface area contributed by atoms with Gasteiger partial charge in [0.1, 0.15) is 11.6 Å². The second-order valence-electron chi connectivity index (χ2n) is 4.18. The number of aliphatic hydroxyl groups excluding tert-OH is 1. The predicted octanol–water partition coefficient (Wildman–Crippen LogP) is 1.51. The summed E-state index contributed by atoms with van der Waals surface area (Å²) in [6.45, 7) is 3.43. The summed E-state index contributed by atoms with van der Waals surface area (Å²) < 4.78 is 37.4. The fourth-order valence-corrected chi connectivity index (χ4v) is 1.28. The molecule has 1 aromatic rings. The fraction of sp³-hybridized carbons (Fsp3) is 0.600. The van der Waals surface area contributed by atoms with Crippen LogP contribution in [-0.2, 0) is 6.18 Å². The zero-order valence-corrected chi connectivity index (χ0v) is 9.99. The Morgan fingerprint density at radius 2 is 2.00 bits per heavy atom. The summed E-state index contributed by atoms with van der Waals surface area (Å²) in [5.41, 5.74) is 5.30. The van der Waals surface area contributed by atoms with E-state index >= 15 is 0 Å². The van der Waals surface area contributed by atoms with Gasteiger partial charge in [0.25, 0.3) is 0 Å². The number of rotatable bonds is 4. The van der Waals surface area contributed by atoms with E-state index < -0.39 is 18.0 Å². The molecule has 0 saturated heterocycles. The van der Waals surface area contributed by atoms with E-state index in [0.717, 1.165) is 0 Å². The van der Waals surface area contributed by atoms with Crippen molar-refractivity contribution in [3.05, 3.63) is 11.9 Å². The Bertz CT molecular complexity index is 409. The number of aliphatic hydroxyl groups is 1. The lowest BCUT2D eigenvalue weighted by Gasteiger charge is -2.21. The third kappa shape index (κ3) is 3.73. The lowest BCUT2D eigenvalue weighted by molar-refractivity contribution is -0.144. The Kier molecular flexibility index (Phi) is 4.33. The maximum absolute atomic E-state index is 12.5. The van der Waals surface area contributed by atoms with Crippen molar-refractivity contribution in [3.8, 4) is 0 Å². The molecule has 1 heterocycles. The maximum atomic E-state index is 12.5. The summed E-state index contributed by atoms with van der Waals surface area (Å²) in [6.07, 6.45) is -4.65. The number of hydrogen-bond donors (Lipinski definition) is 3. The van der Waals surface area contributed by atoms with Crippen LogP contribution < -0.4 is 11.1 Å². The second-order valence-corrected chi connectivity index (χ2v) is 4.18. The van der Waals surface area contributed by atoms with E-state index in [1.54, 1.807) is 0 Å². The minimum Gasteiger partial charge on any atom is -0.394 e. The molecule has 0 aliphatic heterocycles. The van der Waals surface area contributed by atoms with Crippen LogP contribution in [0.3, 0.4) is 0 Å². The number of hydrogen-bond acceptors (Lipinski definition) is 5. The van der Waals surface area contributed by atoms with Crippen molar-refractivity contribution in [2.45, 2.75) is 26.1 Å². The molecule has 0 fully saturated rings. The molecular formula is C10H15F3N4O. The third-order valence-corrected chi connectivity index (χ3v) is 2.33. The molecule has 0 aliphatic rings. The van der Waals surface area contributed by atoms with E-state index in [4.69, 9.17) is 10.8 Å². The average Bonchev–Trinajstić information content (AvgIpc) is 2.23. The van der Waals surface area contributed by atoms with Gasteiger partial charge in [-0.2, -0.15) is 13.2 Å². The van der Waals surface area contributed by atoms with Crippen LogP contribution in [0, 0.1) is 5.92 Å². The summed E-state index contributed by atoms with van der Waals surface area (Å²) in [5, 5.41) is 11.8. The van der Waals surface area contributed by atoms with Crippen molar-refractivity contribution in [1.29, 1.82) is 0 Å². The Morgan fingerprint density at radius 3 is 2.44 bits per heavy atom. The predicted molar refractivity (Wildman–Crippen MR) is 60.8 cm³/mol. The lowest BCUT2D eigenvalue weighted by Crippen LogP contribution is -2.30. The van der Waals surface area contributed by atoms with Crippen LogP contribution in [0.5, 0.6) is 0 Å². The number of aromatic nitrogens is 2. The van der Waals surface area contributed by atoms with Crippen LogP contribution in [0.15, 0.2) is 6.07 Å². The molecule has 8 heteroatoms. The minimum absolute atomic E-state index is 0.0283. The topological polar surface area (TPSA) is 84.1 Å². The quantitative estimate of drug-likeness (QED) is 0.767. The smallest absolute Gasteiger partial charge is 0.394 e. The van der Waals surface area contributed by atoms with E-state index in [9.17, 15) is 13.2 Å². The van der Waals surface area contributed by atoms with Crippen LogP contribution in [0.1, 0.15) is 19.7 Å². The summed E-state index contributed by atoms with van der Waals surface area (Å²) in [7, 11) is 0. The van der Waals surface area contributed by atoms with Gasteiger partial charge >= 0.3 is 6.18 Å².